The van der Waals surface area contributed by atoms with Gasteiger partial charge >= 0.3 is 0 Å². The Balaban J connectivity index is 1.95. The van der Waals surface area contributed by atoms with Crippen molar-refractivity contribution in [3.63, 3.8) is 0 Å². The third-order valence-corrected chi connectivity index (χ3v) is 3.81. The van der Waals surface area contributed by atoms with Crippen LogP contribution in [0.15, 0.2) is 52.9 Å². The fourth-order valence-corrected chi connectivity index (χ4v) is 2.66. The van der Waals surface area contributed by atoms with E-state index in [1.54, 1.807) is 18.2 Å². The Hall–Kier alpha value is -3.17. The van der Waals surface area contributed by atoms with Crippen LogP contribution in [0.5, 0.6) is 0 Å². The minimum atomic E-state index is -1.13. The molecule has 2 aromatic carbocycles. The van der Waals surface area contributed by atoms with Crippen molar-refractivity contribution in [2.24, 2.45) is 0 Å². The molecule has 0 aliphatic rings. The number of amides is 1. The number of ether oxygens (including phenoxy) is 1. The van der Waals surface area contributed by atoms with Gasteiger partial charge < -0.3 is 14.5 Å². The predicted octanol–water partition coefficient (Wildman–Crippen LogP) is 3.71. The zero-order valence-electron chi connectivity index (χ0n) is 13.5. The number of halogens is 1. The molecule has 0 saturated heterocycles. The van der Waals surface area contributed by atoms with Crippen LogP contribution >= 0.6 is 0 Å². The van der Waals surface area contributed by atoms with Crippen LogP contribution in [0, 0.1) is 17.1 Å². The van der Waals surface area contributed by atoms with E-state index >= 15 is 0 Å². The number of nitriles is 1. The van der Waals surface area contributed by atoms with Crippen molar-refractivity contribution in [2.75, 3.05) is 7.11 Å². The number of fused-ring (bicyclic) bond motifs is 1. The molecule has 1 amide bonds. The normalized spacial score (nSPS) is 11.9. The second-order valence-electron chi connectivity index (χ2n) is 5.40. The van der Waals surface area contributed by atoms with Crippen molar-refractivity contribution in [1.82, 2.24) is 5.32 Å². The Morgan fingerprint density at radius 2 is 2.00 bits per heavy atom. The second kappa shape index (κ2) is 7.16. The summed E-state index contributed by atoms with van der Waals surface area (Å²) in [5, 5.41) is 12.6. The number of rotatable bonds is 5. The van der Waals surface area contributed by atoms with E-state index in [0.717, 1.165) is 5.39 Å². The van der Waals surface area contributed by atoms with E-state index in [1.807, 2.05) is 18.2 Å². The third kappa shape index (κ3) is 3.23. The molecule has 5 nitrogen and oxygen atoms in total. The summed E-state index contributed by atoms with van der Waals surface area (Å²) in [4.78, 5) is 12.6. The van der Waals surface area contributed by atoms with Gasteiger partial charge in [-0.05, 0) is 12.1 Å². The highest BCUT2D eigenvalue weighted by Gasteiger charge is 2.24. The summed E-state index contributed by atoms with van der Waals surface area (Å²) < 4.78 is 24.7. The molecule has 0 spiro atoms. The standard InChI is InChI=1S/C19H15FN2O3/c1-24-11-14-12-6-3-5-9-17(12)25-18(14)19(23)22-16(10-21)13-7-2-4-8-15(13)20/h2-9,16H,11H2,1H3,(H,22,23). The Kier molecular flexibility index (Phi) is 4.78. The van der Waals surface area contributed by atoms with Crippen molar-refractivity contribution in [2.45, 2.75) is 12.6 Å². The van der Waals surface area contributed by atoms with Gasteiger partial charge in [0.2, 0.25) is 0 Å². The molecule has 126 valence electrons. The van der Waals surface area contributed by atoms with Gasteiger partial charge in [0.05, 0.1) is 12.7 Å². The zero-order valence-corrected chi connectivity index (χ0v) is 13.5. The topological polar surface area (TPSA) is 75.3 Å². The molecular weight excluding hydrogens is 323 g/mol. The summed E-state index contributed by atoms with van der Waals surface area (Å²) in [6, 6.07) is 13.8. The lowest BCUT2D eigenvalue weighted by Gasteiger charge is -2.12. The van der Waals surface area contributed by atoms with E-state index in [-0.39, 0.29) is 17.9 Å². The molecule has 3 aromatic rings. The number of hydrogen-bond donors (Lipinski definition) is 1. The fraction of sp³-hybridized carbons (Fsp3) is 0.158. The summed E-state index contributed by atoms with van der Waals surface area (Å²) >= 11 is 0. The number of furan rings is 1. The van der Waals surface area contributed by atoms with E-state index in [4.69, 9.17) is 9.15 Å². The van der Waals surface area contributed by atoms with E-state index in [0.29, 0.717) is 11.1 Å². The second-order valence-corrected chi connectivity index (χ2v) is 5.40. The van der Waals surface area contributed by atoms with Crippen molar-refractivity contribution < 1.29 is 18.3 Å². The highest BCUT2D eigenvalue weighted by atomic mass is 19.1. The molecule has 0 aliphatic carbocycles. The maximum absolute atomic E-state index is 13.9. The van der Waals surface area contributed by atoms with Crippen LogP contribution in [-0.4, -0.2) is 13.0 Å². The van der Waals surface area contributed by atoms with Crippen molar-refractivity contribution in [3.05, 3.63) is 71.2 Å². The van der Waals surface area contributed by atoms with Crippen LogP contribution < -0.4 is 5.32 Å². The van der Waals surface area contributed by atoms with E-state index in [1.165, 1.54) is 25.3 Å². The van der Waals surface area contributed by atoms with Crippen LogP contribution in [0.3, 0.4) is 0 Å². The molecule has 1 unspecified atom stereocenters. The number of nitrogens with one attached hydrogen (secondary N) is 1. The molecule has 0 saturated carbocycles. The number of benzene rings is 2. The van der Waals surface area contributed by atoms with Crippen LogP contribution in [0.2, 0.25) is 0 Å². The summed E-state index contributed by atoms with van der Waals surface area (Å²) in [5.74, 6) is -1.10. The Morgan fingerprint density at radius 3 is 2.72 bits per heavy atom. The van der Waals surface area contributed by atoms with Gasteiger partial charge in [0, 0.05) is 23.6 Å². The van der Waals surface area contributed by atoms with Gasteiger partial charge in [-0.2, -0.15) is 5.26 Å². The van der Waals surface area contributed by atoms with Crippen molar-refractivity contribution >= 4 is 16.9 Å². The van der Waals surface area contributed by atoms with Gasteiger partial charge in [0.15, 0.2) is 5.76 Å². The van der Waals surface area contributed by atoms with Gasteiger partial charge in [0.1, 0.15) is 17.4 Å². The molecule has 1 atom stereocenters. The summed E-state index contributed by atoms with van der Waals surface area (Å²) in [5.41, 5.74) is 1.22. The Morgan fingerprint density at radius 1 is 1.28 bits per heavy atom. The van der Waals surface area contributed by atoms with Gasteiger partial charge in [-0.25, -0.2) is 4.39 Å². The van der Waals surface area contributed by atoms with E-state index < -0.39 is 17.8 Å². The first kappa shape index (κ1) is 16.7. The minimum absolute atomic E-state index is 0.0552. The van der Waals surface area contributed by atoms with Crippen LogP contribution in [0.25, 0.3) is 11.0 Å². The van der Waals surface area contributed by atoms with E-state index in [2.05, 4.69) is 5.32 Å². The van der Waals surface area contributed by atoms with Gasteiger partial charge in [-0.1, -0.05) is 36.4 Å². The number of methoxy groups -OCH3 is 1. The monoisotopic (exact) mass is 338 g/mol. The molecular formula is C19H15FN2O3. The minimum Gasteiger partial charge on any atom is -0.451 e. The Bertz CT molecular complexity index is 959. The smallest absolute Gasteiger partial charge is 0.288 e. The van der Waals surface area contributed by atoms with Crippen LogP contribution in [-0.2, 0) is 11.3 Å². The first-order valence-corrected chi connectivity index (χ1v) is 7.60. The zero-order chi connectivity index (χ0) is 17.8. The SMILES string of the molecule is COCc1c(C(=O)NC(C#N)c2ccccc2F)oc2ccccc12. The molecule has 0 radical (unpaired) electrons. The fourth-order valence-electron chi connectivity index (χ4n) is 2.66. The maximum Gasteiger partial charge on any atom is 0.288 e. The highest BCUT2D eigenvalue weighted by molar-refractivity contribution is 5.99. The molecule has 1 aromatic heterocycles. The lowest BCUT2D eigenvalue weighted by Crippen LogP contribution is -2.28. The van der Waals surface area contributed by atoms with Gasteiger partial charge in [0.25, 0.3) is 5.91 Å². The molecule has 1 heterocycles. The van der Waals surface area contributed by atoms with Crippen molar-refractivity contribution in [3.8, 4) is 6.07 Å². The molecule has 0 aliphatic heterocycles. The first-order valence-electron chi connectivity index (χ1n) is 7.60. The Labute approximate surface area is 143 Å². The average Bonchev–Trinajstić information content (AvgIpc) is 2.99. The van der Waals surface area contributed by atoms with E-state index in [9.17, 15) is 14.4 Å². The molecule has 6 heteroatoms. The maximum atomic E-state index is 13.9. The number of carbonyl (C=O) groups is 1. The van der Waals surface area contributed by atoms with Crippen LogP contribution in [0.4, 0.5) is 4.39 Å². The highest BCUT2D eigenvalue weighted by Crippen LogP contribution is 2.27. The first-order chi connectivity index (χ1) is 12.2. The number of carbonyl (C=O) groups excluding carboxylic acids is 1. The number of para-hydroxylation sites is 1. The summed E-state index contributed by atoms with van der Waals surface area (Å²) in [7, 11) is 1.51. The third-order valence-electron chi connectivity index (χ3n) is 3.81. The molecule has 1 N–H and O–H groups in total. The predicted molar refractivity (Wildman–Crippen MR) is 89.1 cm³/mol. The lowest BCUT2D eigenvalue weighted by atomic mass is 10.1. The number of hydrogen-bond acceptors (Lipinski definition) is 4. The summed E-state index contributed by atoms with van der Waals surface area (Å²) in [6.45, 7) is 0.177. The number of nitrogens with zero attached hydrogens (tertiary/aromatic N) is 1. The largest absolute Gasteiger partial charge is 0.451 e. The van der Waals surface area contributed by atoms with Gasteiger partial charge in [-0.3, -0.25) is 4.79 Å². The molecule has 3 rings (SSSR count). The summed E-state index contributed by atoms with van der Waals surface area (Å²) in [6.07, 6.45) is 0. The molecule has 0 fully saturated rings. The van der Waals surface area contributed by atoms with Crippen LogP contribution in [0.1, 0.15) is 27.7 Å². The van der Waals surface area contributed by atoms with Gasteiger partial charge in [-0.15, -0.1) is 0 Å². The lowest BCUT2D eigenvalue weighted by molar-refractivity contribution is 0.0912. The molecule has 0 bridgehead atoms. The quantitative estimate of drug-likeness (QED) is 0.769. The molecule has 25 heavy (non-hydrogen) atoms. The van der Waals surface area contributed by atoms with Crippen molar-refractivity contribution in [1.29, 1.82) is 5.26 Å². The average molecular weight is 338 g/mol.